The number of carbonyl (C=O) groups excluding carboxylic acids is 2. The number of hydrogen-bond acceptors (Lipinski definition) is 3. The number of carboxylic acids is 1. The Balaban J connectivity index is 1.76. The van der Waals surface area contributed by atoms with Crippen LogP contribution in [0.1, 0.15) is 20.7 Å². The number of rotatable bonds is 3. The number of hydrogen-bond donors (Lipinski definition) is 1. The maximum atomic E-state index is 13.3. The van der Waals surface area contributed by atoms with E-state index >= 15 is 0 Å². The minimum atomic E-state index is -1.06. The van der Waals surface area contributed by atoms with Crippen LogP contribution in [0.4, 0.5) is 10.5 Å². The number of nitrogens with zero attached hydrogens (tertiary/aromatic N) is 2. The fourth-order valence-electron chi connectivity index (χ4n) is 3.52. The molecule has 146 valence electrons. The van der Waals surface area contributed by atoms with Crippen molar-refractivity contribution in [3.8, 4) is 0 Å². The molecule has 6 nitrogen and oxygen atoms in total. The van der Waals surface area contributed by atoms with E-state index in [1.54, 1.807) is 36.4 Å². The summed E-state index contributed by atoms with van der Waals surface area (Å²) in [5.74, 6) is -1.65. The number of halogens is 2. The van der Waals surface area contributed by atoms with E-state index in [9.17, 15) is 14.4 Å². The van der Waals surface area contributed by atoms with Crippen molar-refractivity contribution in [3.05, 3.63) is 87.9 Å². The maximum Gasteiger partial charge on any atom is 0.335 e. The average molecular weight is 429 g/mol. The number of benzene rings is 2. The lowest BCUT2D eigenvalue weighted by Crippen LogP contribution is -2.40. The molecule has 2 aromatic carbocycles. The lowest BCUT2D eigenvalue weighted by molar-refractivity contribution is 0.0696. The quantitative estimate of drug-likeness (QED) is 0.772. The average Bonchev–Trinajstić information content (AvgIpc) is 2.99. The van der Waals surface area contributed by atoms with Gasteiger partial charge in [-0.1, -0.05) is 53.6 Å². The Bertz CT molecular complexity index is 1060. The van der Waals surface area contributed by atoms with Crippen LogP contribution in [0, 0.1) is 0 Å². The van der Waals surface area contributed by atoms with Crippen molar-refractivity contribution in [1.29, 1.82) is 0 Å². The van der Waals surface area contributed by atoms with Gasteiger partial charge in [-0.15, -0.1) is 0 Å². The van der Waals surface area contributed by atoms with Gasteiger partial charge in [-0.3, -0.25) is 14.6 Å². The molecule has 4 rings (SSSR count). The summed E-state index contributed by atoms with van der Waals surface area (Å²) < 4.78 is 0. The molecule has 1 aliphatic heterocycles. The first-order chi connectivity index (χ1) is 13.9. The highest BCUT2D eigenvalue weighted by molar-refractivity contribution is 6.40. The van der Waals surface area contributed by atoms with Crippen molar-refractivity contribution in [3.63, 3.8) is 0 Å². The first-order valence-electron chi connectivity index (χ1n) is 8.69. The van der Waals surface area contributed by atoms with E-state index in [1.165, 1.54) is 29.2 Å². The molecule has 1 aliphatic carbocycles. The SMILES string of the molecule is O=C(O)c1ccc(N2C(=O)N(C(=O)c3c(Cl)cccc3Cl)C3C=CC=CC32)cc1. The summed E-state index contributed by atoms with van der Waals surface area (Å²) in [7, 11) is 0. The molecule has 8 heteroatoms. The number of allylic oxidation sites excluding steroid dienone is 2. The van der Waals surface area contributed by atoms with Crippen molar-refractivity contribution in [2.24, 2.45) is 0 Å². The third-order valence-electron chi connectivity index (χ3n) is 4.87. The molecular weight excluding hydrogens is 415 g/mol. The number of urea groups is 1. The molecule has 2 atom stereocenters. The molecule has 0 radical (unpaired) electrons. The zero-order valence-electron chi connectivity index (χ0n) is 14.8. The summed E-state index contributed by atoms with van der Waals surface area (Å²) in [6, 6.07) is 9.09. The van der Waals surface area contributed by atoms with Crippen molar-refractivity contribution in [2.75, 3.05) is 4.90 Å². The topological polar surface area (TPSA) is 77.9 Å². The van der Waals surface area contributed by atoms with Gasteiger partial charge in [0.15, 0.2) is 0 Å². The number of carbonyl (C=O) groups is 3. The Hall–Kier alpha value is -3.09. The van der Waals surface area contributed by atoms with Crippen LogP contribution in [0.5, 0.6) is 0 Å². The molecule has 2 unspecified atom stereocenters. The zero-order chi connectivity index (χ0) is 20.7. The highest BCUT2D eigenvalue weighted by Crippen LogP contribution is 2.35. The predicted octanol–water partition coefficient (Wildman–Crippen LogP) is 4.64. The molecule has 0 saturated carbocycles. The molecule has 0 aromatic heterocycles. The van der Waals surface area contributed by atoms with Gasteiger partial charge in [0.25, 0.3) is 5.91 Å². The van der Waals surface area contributed by atoms with Crippen LogP contribution < -0.4 is 4.90 Å². The van der Waals surface area contributed by atoms with E-state index in [2.05, 4.69) is 0 Å². The van der Waals surface area contributed by atoms with Gasteiger partial charge >= 0.3 is 12.0 Å². The van der Waals surface area contributed by atoms with Crippen LogP contribution in [0.15, 0.2) is 66.8 Å². The predicted molar refractivity (Wildman–Crippen MR) is 110 cm³/mol. The molecule has 1 N–H and O–H groups in total. The van der Waals surface area contributed by atoms with Gasteiger partial charge in [-0.05, 0) is 36.4 Å². The summed E-state index contributed by atoms with van der Waals surface area (Å²) in [5, 5.41) is 9.41. The number of carboxylic acid groups (broad SMARTS) is 1. The van der Waals surface area contributed by atoms with Gasteiger partial charge in [0, 0.05) is 5.69 Å². The number of imide groups is 1. The first kappa shape index (κ1) is 19.2. The highest BCUT2D eigenvalue weighted by Gasteiger charge is 2.48. The number of fused-ring (bicyclic) bond motifs is 1. The zero-order valence-corrected chi connectivity index (χ0v) is 16.3. The summed E-state index contributed by atoms with van der Waals surface area (Å²) in [4.78, 5) is 40.2. The van der Waals surface area contributed by atoms with Crippen LogP contribution in [0.2, 0.25) is 10.0 Å². The van der Waals surface area contributed by atoms with Gasteiger partial charge in [-0.2, -0.15) is 0 Å². The lowest BCUT2D eigenvalue weighted by atomic mass is 10.0. The second kappa shape index (κ2) is 7.39. The van der Waals surface area contributed by atoms with Crippen LogP contribution in [-0.4, -0.2) is 40.0 Å². The first-order valence-corrected chi connectivity index (χ1v) is 9.45. The van der Waals surface area contributed by atoms with E-state index < -0.39 is 30.0 Å². The second-order valence-electron chi connectivity index (χ2n) is 6.53. The van der Waals surface area contributed by atoms with Gasteiger partial charge in [0.05, 0.1) is 33.3 Å². The Labute approximate surface area is 176 Å². The number of amides is 3. The molecule has 0 bridgehead atoms. The molecule has 1 saturated heterocycles. The van der Waals surface area contributed by atoms with E-state index in [0.29, 0.717) is 5.69 Å². The summed E-state index contributed by atoms with van der Waals surface area (Å²) in [6.45, 7) is 0. The van der Waals surface area contributed by atoms with Crippen molar-refractivity contribution in [2.45, 2.75) is 12.1 Å². The van der Waals surface area contributed by atoms with Crippen LogP contribution in [-0.2, 0) is 0 Å². The highest BCUT2D eigenvalue weighted by atomic mass is 35.5. The van der Waals surface area contributed by atoms with E-state index in [4.69, 9.17) is 28.3 Å². The lowest BCUT2D eigenvalue weighted by Gasteiger charge is -2.24. The molecule has 0 spiro atoms. The summed E-state index contributed by atoms with van der Waals surface area (Å²) in [5.41, 5.74) is 0.649. The molecule has 3 amide bonds. The van der Waals surface area contributed by atoms with Crippen LogP contribution >= 0.6 is 23.2 Å². The van der Waals surface area contributed by atoms with Gasteiger partial charge < -0.3 is 5.11 Å². The van der Waals surface area contributed by atoms with Crippen molar-refractivity contribution in [1.82, 2.24) is 4.90 Å². The molecule has 29 heavy (non-hydrogen) atoms. The standard InChI is InChI=1S/C21H14Cl2N2O4/c22-14-4-3-5-15(23)18(14)19(26)25-17-7-2-1-6-16(17)24(21(25)29)13-10-8-12(9-11-13)20(27)28/h1-11,16-17H,(H,27,28). The minimum Gasteiger partial charge on any atom is -0.478 e. The Morgan fingerprint density at radius 3 is 2.07 bits per heavy atom. The normalized spacial score (nSPS) is 20.1. The second-order valence-corrected chi connectivity index (χ2v) is 7.34. The molecule has 1 heterocycles. The number of anilines is 1. The van der Waals surface area contributed by atoms with E-state index in [-0.39, 0.29) is 21.2 Å². The summed E-state index contributed by atoms with van der Waals surface area (Å²) >= 11 is 12.4. The third-order valence-corrected chi connectivity index (χ3v) is 5.50. The molecule has 2 aromatic rings. The Morgan fingerprint density at radius 2 is 1.48 bits per heavy atom. The molecule has 1 fully saturated rings. The van der Waals surface area contributed by atoms with Crippen molar-refractivity contribution >= 4 is 46.8 Å². The fourth-order valence-corrected chi connectivity index (χ4v) is 4.08. The monoisotopic (exact) mass is 428 g/mol. The van der Waals surface area contributed by atoms with E-state index in [0.717, 1.165) is 4.90 Å². The third kappa shape index (κ3) is 3.20. The van der Waals surface area contributed by atoms with Crippen LogP contribution in [0.25, 0.3) is 0 Å². The number of aromatic carboxylic acids is 1. The van der Waals surface area contributed by atoms with E-state index in [1.807, 2.05) is 6.08 Å². The largest absolute Gasteiger partial charge is 0.478 e. The summed E-state index contributed by atoms with van der Waals surface area (Å²) in [6.07, 6.45) is 7.13. The fraction of sp³-hybridized carbons (Fsp3) is 0.0952. The Kier molecular flexibility index (Phi) is 4.90. The molecule has 2 aliphatic rings. The van der Waals surface area contributed by atoms with Gasteiger partial charge in [-0.25, -0.2) is 9.59 Å². The van der Waals surface area contributed by atoms with Crippen molar-refractivity contribution < 1.29 is 19.5 Å². The van der Waals surface area contributed by atoms with Crippen LogP contribution in [0.3, 0.4) is 0 Å². The van der Waals surface area contributed by atoms with Gasteiger partial charge in [0.2, 0.25) is 0 Å². The van der Waals surface area contributed by atoms with Gasteiger partial charge in [0.1, 0.15) is 0 Å². The Morgan fingerprint density at radius 1 is 0.897 bits per heavy atom. The smallest absolute Gasteiger partial charge is 0.335 e. The minimum absolute atomic E-state index is 0.0639. The molecular formula is C21H14Cl2N2O4. The maximum absolute atomic E-state index is 13.3.